The molecule has 4 N–H and O–H groups in total. The van der Waals surface area contributed by atoms with Gasteiger partial charge in [-0.3, -0.25) is 4.79 Å². The average Bonchev–Trinajstić information content (AvgIpc) is 3.46. The lowest BCUT2D eigenvalue weighted by Gasteiger charge is -2.31. The maximum atomic E-state index is 12.3. The van der Waals surface area contributed by atoms with Gasteiger partial charge in [-0.2, -0.15) is 0 Å². The van der Waals surface area contributed by atoms with Crippen LogP contribution in [0.3, 0.4) is 0 Å². The number of carbonyl (C=O) groups excluding carboxylic acids is 1. The predicted molar refractivity (Wildman–Crippen MR) is 149 cm³/mol. The fraction of sp³-hybridized carbons (Fsp3) is 0.967. The molecule has 1 heterocycles. The van der Waals surface area contributed by atoms with Gasteiger partial charge in [0.15, 0.2) is 12.4 Å². The molecular weight excluding hydrogens is 488 g/mol. The van der Waals surface area contributed by atoms with E-state index in [0.29, 0.717) is 6.42 Å². The molecule has 4 atom stereocenters. The van der Waals surface area contributed by atoms with Crippen molar-refractivity contribution in [1.29, 1.82) is 0 Å². The van der Waals surface area contributed by atoms with Gasteiger partial charge >= 0.3 is 5.97 Å². The molecule has 8 nitrogen and oxygen atoms in total. The topological polar surface area (TPSA) is 126 Å². The Labute approximate surface area is 231 Å². The molecule has 0 aromatic heterocycles. The first kappa shape index (κ1) is 35.3. The van der Waals surface area contributed by atoms with Crippen molar-refractivity contribution in [2.45, 2.75) is 166 Å². The lowest BCUT2D eigenvalue weighted by atomic mass is 10.0. The standard InChI is InChI=1S/C30H58O8/c1-2-3-4-5-6-7-8-9-10-11-12-13-14-15-16-17-18-19-20-21-26(33)38-29(30-36-22-23-37-30)28(35)27(34)25(32)24-31/h25,27-32,34-35H,2-24H2,1H3/t25-,27+,28+,29-/m1/s1. The molecule has 38 heavy (non-hydrogen) atoms. The highest BCUT2D eigenvalue weighted by Crippen LogP contribution is 2.20. The van der Waals surface area contributed by atoms with E-state index in [-0.39, 0.29) is 19.6 Å². The van der Waals surface area contributed by atoms with E-state index < -0.39 is 43.3 Å². The van der Waals surface area contributed by atoms with Gasteiger partial charge in [-0.15, -0.1) is 0 Å². The van der Waals surface area contributed by atoms with Crippen LogP contribution in [0, 0.1) is 0 Å². The van der Waals surface area contributed by atoms with E-state index in [9.17, 15) is 20.1 Å². The smallest absolute Gasteiger partial charge is 0.306 e. The van der Waals surface area contributed by atoms with Crippen LogP contribution < -0.4 is 0 Å². The van der Waals surface area contributed by atoms with Crippen molar-refractivity contribution in [2.24, 2.45) is 0 Å². The zero-order valence-corrected chi connectivity index (χ0v) is 24.1. The molecular formula is C30H58O8. The second-order valence-electron chi connectivity index (χ2n) is 10.9. The lowest BCUT2D eigenvalue weighted by Crippen LogP contribution is -2.52. The van der Waals surface area contributed by atoms with Gasteiger partial charge in [0.25, 0.3) is 0 Å². The van der Waals surface area contributed by atoms with Crippen molar-refractivity contribution >= 4 is 5.97 Å². The van der Waals surface area contributed by atoms with Gasteiger partial charge < -0.3 is 34.6 Å². The molecule has 1 aliphatic rings. The third kappa shape index (κ3) is 17.0. The minimum atomic E-state index is -1.69. The van der Waals surface area contributed by atoms with Crippen LogP contribution in [0.25, 0.3) is 0 Å². The summed E-state index contributed by atoms with van der Waals surface area (Å²) < 4.78 is 16.0. The summed E-state index contributed by atoms with van der Waals surface area (Å²) in [4.78, 5) is 12.3. The molecule has 226 valence electrons. The fourth-order valence-corrected chi connectivity index (χ4v) is 4.94. The molecule has 1 saturated heterocycles. The molecule has 0 radical (unpaired) electrons. The Kier molecular flexibility index (Phi) is 22.3. The van der Waals surface area contributed by atoms with Gasteiger partial charge in [0, 0.05) is 6.42 Å². The van der Waals surface area contributed by atoms with Crippen LogP contribution in [0.2, 0.25) is 0 Å². The Morgan fingerprint density at radius 1 is 0.684 bits per heavy atom. The van der Waals surface area contributed by atoms with Gasteiger partial charge in [-0.1, -0.05) is 122 Å². The molecule has 1 fully saturated rings. The highest BCUT2D eigenvalue weighted by Gasteiger charge is 2.41. The number of aliphatic hydroxyl groups is 4. The van der Waals surface area contributed by atoms with Crippen molar-refractivity contribution in [2.75, 3.05) is 19.8 Å². The van der Waals surface area contributed by atoms with Crippen molar-refractivity contribution < 1.29 is 39.4 Å². The summed E-state index contributed by atoms with van der Waals surface area (Å²) in [6, 6.07) is 0. The van der Waals surface area contributed by atoms with Crippen LogP contribution in [0.5, 0.6) is 0 Å². The molecule has 0 aromatic rings. The number of ether oxygens (including phenoxy) is 3. The second-order valence-corrected chi connectivity index (χ2v) is 10.9. The van der Waals surface area contributed by atoms with E-state index in [1.165, 1.54) is 103 Å². The Balaban J connectivity index is 1.99. The minimum absolute atomic E-state index is 0.202. The normalized spacial score (nSPS) is 17.4. The number of carbonyl (C=O) groups is 1. The summed E-state index contributed by atoms with van der Waals surface area (Å²) in [7, 11) is 0. The Morgan fingerprint density at radius 2 is 1.08 bits per heavy atom. The molecule has 1 aliphatic heterocycles. The first-order valence-electron chi connectivity index (χ1n) is 15.6. The highest BCUT2D eigenvalue weighted by molar-refractivity contribution is 5.69. The molecule has 0 amide bonds. The summed E-state index contributed by atoms with van der Waals surface area (Å²) >= 11 is 0. The van der Waals surface area contributed by atoms with E-state index in [4.69, 9.17) is 19.3 Å². The number of hydrogen-bond donors (Lipinski definition) is 4. The zero-order valence-electron chi connectivity index (χ0n) is 24.1. The molecule has 0 aliphatic carbocycles. The Morgan fingerprint density at radius 3 is 1.47 bits per heavy atom. The van der Waals surface area contributed by atoms with E-state index in [1.807, 2.05) is 0 Å². The van der Waals surface area contributed by atoms with Crippen LogP contribution in [-0.4, -0.2) is 76.9 Å². The van der Waals surface area contributed by atoms with E-state index >= 15 is 0 Å². The predicted octanol–water partition coefficient (Wildman–Crippen LogP) is 5.17. The number of aliphatic hydroxyl groups excluding tert-OH is 4. The lowest BCUT2D eigenvalue weighted by molar-refractivity contribution is -0.210. The number of esters is 1. The monoisotopic (exact) mass is 546 g/mol. The summed E-state index contributed by atoms with van der Waals surface area (Å²) in [5.74, 6) is -0.509. The van der Waals surface area contributed by atoms with E-state index in [2.05, 4.69) is 6.92 Å². The summed E-state index contributed by atoms with van der Waals surface area (Å²) in [6.45, 7) is 2.10. The summed E-state index contributed by atoms with van der Waals surface area (Å²) in [6.07, 6.45) is 17.4. The quantitative estimate of drug-likeness (QED) is 0.0865. The van der Waals surface area contributed by atoms with E-state index in [1.54, 1.807) is 0 Å². The number of rotatable bonds is 26. The molecule has 0 unspecified atom stereocenters. The third-order valence-corrected chi connectivity index (χ3v) is 7.44. The molecule has 1 rings (SSSR count). The minimum Gasteiger partial charge on any atom is -0.454 e. The van der Waals surface area contributed by atoms with Gasteiger partial charge in [-0.05, 0) is 6.42 Å². The SMILES string of the molecule is CCCCCCCCCCCCCCCCCCCCCC(=O)O[C@@H](C1OCCO1)[C@@H](O)[C@@H](O)[C@H](O)CO. The van der Waals surface area contributed by atoms with Crippen LogP contribution in [0.1, 0.15) is 135 Å². The molecule has 0 aromatic carbocycles. The molecule has 0 saturated carbocycles. The Bertz CT molecular complexity index is 540. The van der Waals surface area contributed by atoms with Crippen LogP contribution in [0.15, 0.2) is 0 Å². The van der Waals surface area contributed by atoms with Crippen molar-refractivity contribution in [3.63, 3.8) is 0 Å². The fourth-order valence-electron chi connectivity index (χ4n) is 4.94. The Hall–Kier alpha value is -0.770. The first-order chi connectivity index (χ1) is 18.5. The maximum absolute atomic E-state index is 12.3. The largest absolute Gasteiger partial charge is 0.454 e. The van der Waals surface area contributed by atoms with Crippen molar-refractivity contribution in [3.8, 4) is 0 Å². The maximum Gasteiger partial charge on any atom is 0.306 e. The third-order valence-electron chi connectivity index (χ3n) is 7.44. The molecule has 0 bridgehead atoms. The van der Waals surface area contributed by atoms with Gasteiger partial charge in [0.2, 0.25) is 0 Å². The van der Waals surface area contributed by atoms with E-state index in [0.717, 1.165) is 12.8 Å². The average molecular weight is 547 g/mol. The van der Waals surface area contributed by atoms with Crippen LogP contribution >= 0.6 is 0 Å². The van der Waals surface area contributed by atoms with Gasteiger partial charge in [0.05, 0.1) is 19.8 Å². The zero-order chi connectivity index (χ0) is 27.8. The van der Waals surface area contributed by atoms with Crippen LogP contribution in [0.4, 0.5) is 0 Å². The summed E-state index contributed by atoms with van der Waals surface area (Å²) in [5.41, 5.74) is 0. The number of unbranched alkanes of at least 4 members (excludes halogenated alkanes) is 18. The molecule has 8 heteroatoms. The van der Waals surface area contributed by atoms with Crippen LogP contribution in [-0.2, 0) is 19.0 Å². The van der Waals surface area contributed by atoms with Gasteiger partial charge in [-0.25, -0.2) is 0 Å². The second kappa shape index (κ2) is 24.1. The highest BCUT2D eigenvalue weighted by atomic mass is 16.7. The van der Waals surface area contributed by atoms with Gasteiger partial charge in [0.1, 0.15) is 18.3 Å². The number of hydrogen-bond acceptors (Lipinski definition) is 8. The summed E-state index contributed by atoms with van der Waals surface area (Å²) in [5, 5.41) is 39.0. The molecule has 0 spiro atoms. The first-order valence-corrected chi connectivity index (χ1v) is 15.6. The van der Waals surface area contributed by atoms with Crippen molar-refractivity contribution in [1.82, 2.24) is 0 Å². The van der Waals surface area contributed by atoms with Crippen molar-refractivity contribution in [3.05, 3.63) is 0 Å².